The molecule has 0 saturated heterocycles. The summed E-state index contributed by atoms with van der Waals surface area (Å²) >= 11 is 0.391. The van der Waals surface area contributed by atoms with Crippen LogP contribution in [0, 0.1) is 13.8 Å². The molecule has 0 atom stereocenters. The maximum Gasteiger partial charge on any atom is 0.374 e. The van der Waals surface area contributed by atoms with Crippen molar-refractivity contribution < 1.29 is 13.2 Å². The van der Waals surface area contributed by atoms with Gasteiger partial charge >= 0.3 is 5.25 Å². The van der Waals surface area contributed by atoms with Gasteiger partial charge in [0.1, 0.15) is 0 Å². The summed E-state index contributed by atoms with van der Waals surface area (Å²) < 4.78 is 32.2. The number of aromatic nitrogens is 2. The van der Waals surface area contributed by atoms with Gasteiger partial charge < -0.3 is 4.42 Å². The largest absolute Gasteiger partial charge is 0.419 e. The van der Waals surface area contributed by atoms with E-state index in [1.165, 1.54) is 6.92 Å². The van der Waals surface area contributed by atoms with Crippen molar-refractivity contribution in [2.75, 3.05) is 0 Å². The lowest BCUT2D eigenvalue weighted by molar-refractivity contribution is 0.0705. The van der Waals surface area contributed by atoms with E-state index in [1.807, 2.05) is 6.92 Å². The summed E-state index contributed by atoms with van der Waals surface area (Å²) in [6, 6.07) is 6.82. The predicted molar refractivity (Wildman–Crippen MR) is 60.0 cm³/mol. The molecule has 2 aromatic rings. The number of halogens is 2. The second-order valence-electron chi connectivity index (χ2n) is 3.56. The van der Waals surface area contributed by atoms with Gasteiger partial charge in [-0.2, -0.15) is 8.78 Å². The van der Waals surface area contributed by atoms with Gasteiger partial charge in [0, 0.05) is 11.8 Å². The van der Waals surface area contributed by atoms with Gasteiger partial charge in [-0.05, 0) is 30.8 Å². The average molecular weight is 256 g/mol. The monoisotopic (exact) mass is 256 g/mol. The van der Waals surface area contributed by atoms with Gasteiger partial charge in [-0.15, -0.1) is 10.2 Å². The van der Waals surface area contributed by atoms with Crippen LogP contribution in [0.5, 0.6) is 0 Å². The molecular weight excluding hydrogens is 246 g/mol. The SMILES string of the molecule is Cc1ccc(SC(F)(F)c2nnc(C)o2)cc1. The summed E-state index contributed by atoms with van der Waals surface area (Å²) in [5, 5.41) is 3.53. The first-order valence-electron chi connectivity index (χ1n) is 4.91. The van der Waals surface area contributed by atoms with Gasteiger partial charge in [0.2, 0.25) is 5.89 Å². The van der Waals surface area contributed by atoms with E-state index >= 15 is 0 Å². The molecule has 1 heterocycles. The standard InChI is InChI=1S/C11H10F2N2OS/c1-7-3-5-9(6-4-7)17-11(12,13)10-15-14-8(2)16-10/h3-6H,1-2H3. The number of rotatable bonds is 3. The van der Waals surface area contributed by atoms with Gasteiger partial charge in [0.15, 0.2) is 0 Å². The highest BCUT2D eigenvalue weighted by atomic mass is 32.2. The lowest BCUT2D eigenvalue weighted by atomic mass is 10.2. The van der Waals surface area contributed by atoms with Crippen LogP contribution in [-0.2, 0) is 5.25 Å². The zero-order valence-electron chi connectivity index (χ0n) is 9.28. The number of hydrogen-bond donors (Lipinski definition) is 0. The molecule has 0 radical (unpaired) electrons. The normalized spacial score (nSPS) is 11.8. The summed E-state index contributed by atoms with van der Waals surface area (Å²) in [5.74, 6) is -0.537. The minimum Gasteiger partial charge on any atom is -0.419 e. The predicted octanol–water partition coefficient (Wildman–Crippen LogP) is 3.53. The van der Waals surface area contributed by atoms with Crippen molar-refractivity contribution in [3.63, 3.8) is 0 Å². The van der Waals surface area contributed by atoms with Crippen LogP contribution in [0.2, 0.25) is 0 Å². The van der Waals surface area contributed by atoms with Crippen molar-refractivity contribution in [3.8, 4) is 0 Å². The third-order valence-electron chi connectivity index (χ3n) is 2.04. The van der Waals surface area contributed by atoms with Crippen molar-refractivity contribution in [3.05, 3.63) is 41.6 Å². The molecule has 6 heteroatoms. The molecule has 0 amide bonds. The molecule has 0 spiro atoms. The van der Waals surface area contributed by atoms with Crippen LogP contribution in [-0.4, -0.2) is 10.2 Å². The Morgan fingerprint density at radius 3 is 2.29 bits per heavy atom. The van der Waals surface area contributed by atoms with Crippen molar-refractivity contribution in [2.45, 2.75) is 24.0 Å². The maximum atomic E-state index is 13.7. The summed E-state index contributed by atoms with van der Waals surface area (Å²) in [5.41, 5.74) is 1.02. The van der Waals surface area contributed by atoms with Crippen LogP contribution in [0.4, 0.5) is 8.78 Å². The smallest absolute Gasteiger partial charge is 0.374 e. The number of aryl methyl sites for hydroxylation is 2. The molecule has 0 bridgehead atoms. The lowest BCUT2D eigenvalue weighted by Crippen LogP contribution is -2.08. The Labute approximate surface area is 101 Å². The summed E-state index contributed by atoms with van der Waals surface area (Å²) in [6.07, 6.45) is 0. The number of hydrogen-bond acceptors (Lipinski definition) is 4. The fourth-order valence-corrected chi connectivity index (χ4v) is 1.95. The minimum absolute atomic E-state index is 0.129. The molecule has 1 aromatic carbocycles. The van der Waals surface area contributed by atoms with Gasteiger partial charge in [-0.25, -0.2) is 0 Å². The van der Waals surface area contributed by atoms with Gasteiger partial charge in [0.25, 0.3) is 5.89 Å². The van der Waals surface area contributed by atoms with Crippen LogP contribution in [0.15, 0.2) is 33.6 Å². The summed E-state index contributed by atoms with van der Waals surface area (Å²) in [6.45, 7) is 3.37. The van der Waals surface area contributed by atoms with Crippen molar-refractivity contribution >= 4 is 11.8 Å². The molecule has 2 rings (SSSR count). The first kappa shape index (κ1) is 12.0. The summed E-state index contributed by atoms with van der Waals surface area (Å²) in [7, 11) is 0. The van der Waals surface area contributed by atoms with Crippen molar-refractivity contribution in [2.24, 2.45) is 0 Å². The summed E-state index contributed by atoms with van der Waals surface area (Å²) in [4.78, 5) is 0.455. The van der Waals surface area contributed by atoms with E-state index < -0.39 is 11.1 Å². The average Bonchev–Trinajstić information content (AvgIpc) is 2.69. The molecule has 0 N–H and O–H groups in total. The minimum atomic E-state index is -3.21. The number of benzene rings is 1. The quantitative estimate of drug-likeness (QED) is 0.787. The number of nitrogens with zero attached hydrogens (tertiary/aromatic N) is 2. The number of alkyl halides is 2. The zero-order valence-corrected chi connectivity index (χ0v) is 10.1. The van der Waals surface area contributed by atoms with Crippen LogP contribution in [0.25, 0.3) is 0 Å². The molecule has 0 aliphatic heterocycles. The fourth-order valence-electron chi connectivity index (χ4n) is 1.21. The molecule has 17 heavy (non-hydrogen) atoms. The maximum absolute atomic E-state index is 13.7. The fraction of sp³-hybridized carbons (Fsp3) is 0.273. The van der Waals surface area contributed by atoms with Crippen molar-refractivity contribution in [1.82, 2.24) is 10.2 Å². The van der Waals surface area contributed by atoms with E-state index in [9.17, 15) is 8.78 Å². The molecular formula is C11H10F2N2OS. The molecule has 0 aliphatic rings. The van der Waals surface area contributed by atoms with E-state index in [0.29, 0.717) is 16.7 Å². The highest BCUT2D eigenvalue weighted by Crippen LogP contribution is 2.43. The molecule has 0 aliphatic carbocycles. The van der Waals surface area contributed by atoms with Crippen LogP contribution in [0.3, 0.4) is 0 Å². The molecule has 0 saturated carbocycles. The highest BCUT2D eigenvalue weighted by molar-refractivity contribution is 7.99. The molecule has 1 aromatic heterocycles. The molecule has 3 nitrogen and oxygen atoms in total. The third kappa shape index (κ3) is 2.82. The zero-order chi connectivity index (χ0) is 12.5. The second kappa shape index (κ2) is 4.44. The Morgan fingerprint density at radius 2 is 1.76 bits per heavy atom. The highest BCUT2D eigenvalue weighted by Gasteiger charge is 2.39. The Morgan fingerprint density at radius 1 is 1.12 bits per heavy atom. The Balaban J connectivity index is 2.19. The van der Waals surface area contributed by atoms with E-state index in [4.69, 9.17) is 4.42 Å². The van der Waals surface area contributed by atoms with Crippen LogP contribution in [0.1, 0.15) is 17.3 Å². The van der Waals surface area contributed by atoms with Gasteiger partial charge in [-0.1, -0.05) is 17.7 Å². The molecule has 0 fully saturated rings. The van der Waals surface area contributed by atoms with E-state index in [2.05, 4.69) is 10.2 Å². The van der Waals surface area contributed by atoms with Gasteiger partial charge in [0.05, 0.1) is 0 Å². The van der Waals surface area contributed by atoms with Crippen LogP contribution < -0.4 is 0 Å². The van der Waals surface area contributed by atoms with E-state index in [0.717, 1.165) is 5.56 Å². The Hall–Kier alpha value is -1.43. The Bertz CT molecular complexity index is 510. The molecule has 90 valence electrons. The number of thioether (sulfide) groups is 1. The third-order valence-corrected chi connectivity index (χ3v) is 2.98. The van der Waals surface area contributed by atoms with Gasteiger partial charge in [-0.3, -0.25) is 0 Å². The second-order valence-corrected chi connectivity index (χ2v) is 4.75. The first-order valence-corrected chi connectivity index (χ1v) is 5.73. The lowest BCUT2D eigenvalue weighted by Gasteiger charge is -2.10. The Kier molecular flexibility index (Phi) is 3.15. The van der Waals surface area contributed by atoms with Crippen LogP contribution >= 0.6 is 11.8 Å². The van der Waals surface area contributed by atoms with Crippen molar-refractivity contribution in [1.29, 1.82) is 0 Å². The van der Waals surface area contributed by atoms with E-state index in [-0.39, 0.29) is 5.89 Å². The first-order chi connectivity index (χ1) is 7.97. The topological polar surface area (TPSA) is 38.9 Å². The molecule has 0 unspecified atom stereocenters. The van der Waals surface area contributed by atoms with E-state index in [1.54, 1.807) is 24.3 Å².